The van der Waals surface area contributed by atoms with Crippen LogP contribution < -0.4 is 5.32 Å². The first-order valence-corrected chi connectivity index (χ1v) is 7.66. The van der Waals surface area contributed by atoms with Gasteiger partial charge in [0.15, 0.2) is 6.10 Å². The number of carbonyl (C=O) groups excluding carboxylic acids is 2. The second kappa shape index (κ2) is 7.49. The second-order valence-electron chi connectivity index (χ2n) is 4.96. The zero-order valence-electron chi connectivity index (χ0n) is 12.6. The SMILES string of the molecule is Cc1c(Cl)cccc1NC(=O)C(C)OC(=O)c1ccc(Cl)cc1. The molecule has 0 spiro atoms. The molecule has 0 aromatic heterocycles. The van der Waals surface area contributed by atoms with Gasteiger partial charge in [0.1, 0.15) is 0 Å². The van der Waals surface area contributed by atoms with Gasteiger partial charge in [-0.15, -0.1) is 0 Å². The van der Waals surface area contributed by atoms with E-state index in [1.54, 1.807) is 37.3 Å². The Hall–Kier alpha value is -2.04. The molecule has 4 nitrogen and oxygen atoms in total. The number of ether oxygens (including phenoxy) is 1. The van der Waals surface area contributed by atoms with Gasteiger partial charge in [-0.05, 0) is 55.8 Å². The molecule has 0 fully saturated rings. The Labute approximate surface area is 144 Å². The smallest absolute Gasteiger partial charge is 0.338 e. The highest BCUT2D eigenvalue weighted by molar-refractivity contribution is 6.31. The molecule has 0 aliphatic heterocycles. The summed E-state index contributed by atoms with van der Waals surface area (Å²) in [6.07, 6.45) is -0.948. The van der Waals surface area contributed by atoms with Crippen LogP contribution in [0.4, 0.5) is 5.69 Å². The van der Waals surface area contributed by atoms with Crippen molar-refractivity contribution >= 4 is 40.8 Å². The summed E-state index contributed by atoms with van der Waals surface area (Å²) in [5.74, 6) is -1.02. The summed E-state index contributed by atoms with van der Waals surface area (Å²) >= 11 is 11.8. The van der Waals surface area contributed by atoms with E-state index in [4.69, 9.17) is 27.9 Å². The first-order valence-electron chi connectivity index (χ1n) is 6.91. The van der Waals surface area contributed by atoms with Crippen LogP contribution in [0, 0.1) is 6.92 Å². The molecule has 0 aliphatic carbocycles. The molecule has 2 rings (SSSR count). The summed E-state index contributed by atoms with van der Waals surface area (Å²) < 4.78 is 5.15. The maximum absolute atomic E-state index is 12.1. The third-order valence-corrected chi connectivity index (χ3v) is 3.92. The molecule has 1 atom stereocenters. The lowest BCUT2D eigenvalue weighted by atomic mass is 10.2. The first kappa shape index (κ1) is 17.3. The fraction of sp³-hybridized carbons (Fsp3) is 0.176. The van der Waals surface area contributed by atoms with Crippen LogP contribution in [-0.4, -0.2) is 18.0 Å². The highest BCUT2D eigenvalue weighted by Gasteiger charge is 2.19. The Bertz CT molecular complexity index is 729. The standard InChI is InChI=1S/C17H15Cl2NO3/c1-10-14(19)4-3-5-15(10)20-16(21)11(2)23-17(22)12-6-8-13(18)9-7-12/h3-9,11H,1-2H3,(H,20,21). The number of hydrogen-bond donors (Lipinski definition) is 1. The van der Waals surface area contributed by atoms with Crippen LogP contribution >= 0.6 is 23.2 Å². The Balaban J connectivity index is 2.01. The number of anilines is 1. The molecule has 0 aliphatic rings. The maximum Gasteiger partial charge on any atom is 0.338 e. The Morgan fingerprint density at radius 3 is 2.39 bits per heavy atom. The summed E-state index contributed by atoms with van der Waals surface area (Å²) in [6, 6.07) is 11.4. The van der Waals surface area contributed by atoms with E-state index >= 15 is 0 Å². The van der Waals surface area contributed by atoms with E-state index in [0.717, 1.165) is 5.56 Å². The molecule has 0 heterocycles. The van der Waals surface area contributed by atoms with Gasteiger partial charge in [0.05, 0.1) is 5.56 Å². The molecule has 1 N–H and O–H groups in total. The lowest BCUT2D eigenvalue weighted by molar-refractivity contribution is -0.123. The van der Waals surface area contributed by atoms with Crippen molar-refractivity contribution in [2.75, 3.05) is 5.32 Å². The number of benzene rings is 2. The second-order valence-corrected chi connectivity index (χ2v) is 5.80. The summed E-state index contributed by atoms with van der Waals surface area (Å²) in [6.45, 7) is 3.30. The average Bonchev–Trinajstić information content (AvgIpc) is 2.52. The summed E-state index contributed by atoms with van der Waals surface area (Å²) in [5.41, 5.74) is 1.66. The Morgan fingerprint density at radius 2 is 1.74 bits per heavy atom. The van der Waals surface area contributed by atoms with Crippen LogP contribution in [0.1, 0.15) is 22.8 Å². The fourth-order valence-corrected chi connectivity index (χ4v) is 2.15. The summed E-state index contributed by atoms with van der Waals surface area (Å²) in [7, 11) is 0. The molecule has 0 saturated heterocycles. The highest BCUT2D eigenvalue weighted by atomic mass is 35.5. The van der Waals surface area contributed by atoms with E-state index in [-0.39, 0.29) is 0 Å². The lowest BCUT2D eigenvalue weighted by Gasteiger charge is -2.15. The monoisotopic (exact) mass is 351 g/mol. The summed E-state index contributed by atoms with van der Waals surface area (Å²) in [4.78, 5) is 24.1. The third-order valence-electron chi connectivity index (χ3n) is 3.26. The van der Waals surface area contributed by atoms with Gasteiger partial charge in [-0.3, -0.25) is 4.79 Å². The number of halogens is 2. The molecule has 0 bridgehead atoms. The largest absolute Gasteiger partial charge is 0.449 e. The third kappa shape index (κ3) is 4.47. The van der Waals surface area contributed by atoms with Crippen LogP contribution in [0.5, 0.6) is 0 Å². The molecular formula is C17H15Cl2NO3. The van der Waals surface area contributed by atoms with Crippen molar-refractivity contribution in [2.45, 2.75) is 20.0 Å². The van der Waals surface area contributed by atoms with E-state index < -0.39 is 18.0 Å². The van der Waals surface area contributed by atoms with Gasteiger partial charge in [0, 0.05) is 15.7 Å². The molecule has 2 aromatic carbocycles. The van der Waals surface area contributed by atoms with Crippen molar-refractivity contribution in [3.63, 3.8) is 0 Å². The van der Waals surface area contributed by atoms with E-state index in [9.17, 15) is 9.59 Å². The number of esters is 1. The minimum Gasteiger partial charge on any atom is -0.449 e. The van der Waals surface area contributed by atoms with Gasteiger partial charge in [-0.1, -0.05) is 29.3 Å². The zero-order chi connectivity index (χ0) is 17.0. The molecule has 6 heteroatoms. The lowest BCUT2D eigenvalue weighted by Crippen LogP contribution is -2.30. The molecule has 0 saturated carbocycles. The van der Waals surface area contributed by atoms with Crippen molar-refractivity contribution in [2.24, 2.45) is 0 Å². The first-order chi connectivity index (χ1) is 10.9. The number of hydrogen-bond acceptors (Lipinski definition) is 3. The van der Waals surface area contributed by atoms with Gasteiger partial charge >= 0.3 is 5.97 Å². The molecule has 1 amide bonds. The van der Waals surface area contributed by atoms with Gasteiger partial charge in [0.2, 0.25) is 0 Å². The summed E-state index contributed by atoms with van der Waals surface area (Å²) in [5, 5.41) is 3.76. The fourth-order valence-electron chi connectivity index (χ4n) is 1.85. The van der Waals surface area contributed by atoms with Crippen LogP contribution in [-0.2, 0) is 9.53 Å². The topological polar surface area (TPSA) is 55.4 Å². The number of rotatable bonds is 4. The Morgan fingerprint density at radius 1 is 1.09 bits per heavy atom. The normalized spacial score (nSPS) is 11.7. The number of amides is 1. The van der Waals surface area contributed by atoms with Gasteiger partial charge in [-0.25, -0.2) is 4.79 Å². The van der Waals surface area contributed by atoms with Crippen LogP contribution in [0.15, 0.2) is 42.5 Å². The van der Waals surface area contributed by atoms with Gasteiger partial charge in [-0.2, -0.15) is 0 Å². The van der Waals surface area contributed by atoms with E-state index in [1.165, 1.54) is 19.1 Å². The number of carbonyl (C=O) groups is 2. The number of nitrogens with one attached hydrogen (secondary N) is 1. The van der Waals surface area contributed by atoms with Crippen molar-refractivity contribution in [1.29, 1.82) is 0 Å². The molecule has 23 heavy (non-hydrogen) atoms. The van der Waals surface area contributed by atoms with Crippen LogP contribution in [0.25, 0.3) is 0 Å². The molecular weight excluding hydrogens is 337 g/mol. The van der Waals surface area contributed by atoms with Crippen molar-refractivity contribution in [3.05, 3.63) is 63.6 Å². The maximum atomic E-state index is 12.1. The van der Waals surface area contributed by atoms with Gasteiger partial charge < -0.3 is 10.1 Å². The van der Waals surface area contributed by atoms with Crippen molar-refractivity contribution < 1.29 is 14.3 Å². The average molecular weight is 352 g/mol. The zero-order valence-corrected chi connectivity index (χ0v) is 14.1. The predicted molar refractivity (Wildman–Crippen MR) is 91.1 cm³/mol. The molecule has 2 aromatic rings. The van der Waals surface area contributed by atoms with E-state index in [0.29, 0.717) is 21.3 Å². The highest BCUT2D eigenvalue weighted by Crippen LogP contribution is 2.23. The van der Waals surface area contributed by atoms with E-state index in [1.807, 2.05) is 0 Å². The minimum absolute atomic E-state index is 0.327. The molecule has 0 radical (unpaired) electrons. The van der Waals surface area contributed by atoms with Gasteiger partial charge in [0.25, 0.3) is 5.91 Å². The molecule has 1 unspecified atom stereocenters. The van der Waals surface area contributed by atoms with Crippen molar-refractivity contribution in [3.8, 4) is 0 Å². The van der Waals surface area contributed by atoms with Crippen LogP contribution in [0.2, 0.25) is 10.0 Å². The van der Waals surface area contributed by atoms with E-state index in [2.05, 4.69) is 5.32 Å². The quantitative estimate of drug-likeness (QED) is 0.825. The molecule has 120 valence electrons. The minimum atomic E-state index is -0.948. The predicted octanol–water partition coefficient (Wildman–Crippen LogP) is 4.49. The Kier molecular flexibility index (Phi) is 5.64. The van der Waals surface area contributed by atoms with Crippen LogP contribution in [0.3, 0.4) is 0 Å². The van der Waals surface area contributed by atoms with Crippen molar-refractivity contribution in [1.82, 2.24) is 0 Å².